The third kappa shape index (κ3) is 3.63. The van der Waals surface area contributed by atoms with Gasteiger partial charge in [-0.3, -0.25) is 4.79 Å². The van der Waals surface area contributed by atoms with Crippen LogP contribution >= 0.6 is 23.2 Å². The second-order valence-corrected chi connectivity index (χ2v) is 5.63. The van der Waals surface area contributed by atoms with Crippen LogP contribution in [0.4, 0.5) is 0 Å². The van der Waals surface area contributed by atoms with E-state index in [9.17, 15) is 4.79 Å². The predicted molar refractivity (Wildman–Crippen MR) is 75.1 cm³/mol. The lowest BCUT2D eigenvalue weighted by Gasteiger charge is -2.24. The molecule has 18 heavy (non-hydrogen) atoms. The zero-order valence-electron chi connectivity index (χ0n) is 10.2. The lowest BCUT2D eigenvalue weighted by Crippen LogP contribution is -2.38. The number of amides is 1. The Morgan fingerprint density at radius 3 is 2.67 bits per heavy atom. The maximum Gasteiger partial charge on any atom is 0.242 e. The third-order valence-corrected chi connectivity index (χ3v) is 4.01. The molecule has 0 heterocycles. The Labute approximate surface area is 118 Å². The average Bonchev–Trinajstić information content (AvgIpc) is 2.39. The maximum atomic E-state index is 12.0. The monoisotopic (exact) mass is 285 g/mol. The van der Waals surface area contributed by atoms with Crippen LogP contribution < -0.4 is 5.32 Å². The van der Waals surface area contributed by atoms with Crippen LogP contribution in [0.3, 0.4) is 0 Å². The van der Waals surface area contributed by atoms with E-state index in [1.165, 1.54) is 19.3 Å². The summed E-state index contributed by atoms with van der Waals surface area (Å²) < 4.78 is 0. The van der Waals surface area contributed by atoms with Crippen LogP contribution in [0.25, 0.3) is 0 Å². The van der Waals surface area contributed by atoms with Crippen LogP contribution in [0, 0.1) is 0 Å². The molecule has 1 aliphatic rings. The number of hydrogen-bond acceptors (Lipinski definition) is 1. The lowest BCUT2D eigenvalue weighted by atomic mass is 9.95. The maximum absolute atomic E-state index is 12.0. The van der Waals surface area contributed by atoms with Crippen LogP contribution in [-0.2, 0) is 4.79 Å². The van der Waals surface area contributed by atoms with E-state index in [1.807, 2.05) is 6.07 Å². The summed E-state index contributed by atoms with van der Waals surface area (Å²) in [4.78, 5) is 12.0. The van der Waals surface area contributed by atoms with Gasteiger partial charge in [0.1, 0.15) is 5.38 Å². The molecule has 1 N–H and O–H groups in total. The van der Waals surface area contributed by atoms with Crippen molar-refractivity contribution in [2.24, 2.45) is 0 Å². The van der Waals surface area contributed by atoms with Gasteiger partial charge in [-0.25, -0.2) is 0 Å². The van der Waals surface area contributed by atoms with Gasteiger partial charge in [-0.2, -0.15) is 0 Å². The van der Waals surface area contributed by atoms with Gasteiger partial charge in [-0.05, 0) is 30.5 Å². The molecule has 1 saturated carbocycles. The Balaban J connectivity index is 1.95. The molecule has 2 rings (SSSR count). The minimum atomic E-state index is -0.661. The first-order valence-electron chi connectivity index (χ1n) is 6.37. The molecular formula is C14H17Cl2NO. The molecule has 1 aromatic rings. The summed E-state index contributed by atoms with van der Waals surface area (Å²) in [5.41, 5.74) is 0.748. The summed E-state index contributed by atoms with van der Waals surface area (Å²) in [6.45, 7) is 0. The van der Waals surface area contributed by atoms with E-state index in [4.69, 9.17) is 23.2 Å². The molecule has 0 bridgehead atoms. The highest BCUT2D eigenvalue weighted by Crippen LogP contribution is 2.25. The molecule has 1 aliphatic carbocycles. The molecule has 0 radical (unpaired) electrons. The molecule has 1 fully saturated rings. The number of alkyl halides is 1. The van der Waals surface area contributed by atoms with E-state index in [-0.39, 0.29) is 11.9 Å². The van der Waals surface area contributed by atoms with Crippen molar-refractivity contribution in [3.05, 3.63) is 34.9 Å². The van der Waals surface area contributed by atoms with Crippen molar-refractivity contribution in [3.63, 3.8) is 0 Å². The van der Waals surface area contributed by atoms with Crippen LogP contribution in [0.15, 0.2) is 24.3 Å². The molecule has 98 valence electrons. The van der Waals surface area contributed by atoms with E-state index < -0.39 is 5.38 Å². The van der Waals surface area contributed by atoms with E-state index >= 15 is 0 Å². The van der Waals surface area contributed by atoms with Gasteiger partial charge in [-0.15, -0.1) is 11.6 Å². The largest absolute Gasteiger partial charge is 0.352 e. The summed E-state index contributed by atoms with van der Waals surface area (Å²) in [6.07, 6.45) is 5.77. The molecular weight excluding hydrogens is 269 g/mol. The molecule has 1 amide bonds. The van der Waals surface area contributed by atoms with Crippen LogP contribution in [-0.4, -0.2) is 11.9 Å². The molecule has 0 spiro atoms. The fourth-order valence-corrected chi connectivity index (χ4v) is 2.73. The summed E-state index contributed by atoms with van der Waals surface area (Å²) in [6, 6.07) is 7.42. The van der Waals surface area contributed by atoms with Gasteiger partial charge in [0.15, 0.2) is 0 Å². The highest BCUT2D eigenvalue weighted by Gasteiger charge is 2.22. The number of rotatable bonds is 3. The standard InChI is InChI=1S/C14H17Cl2NO/c15-11-6-4-5-10(9-11)13(16)14(18)17-12-7-2-1-3-8-12/h4-6,9,12-13H,1-3,7-8H2,(H,17,18). The molecule has 0 aliphatic heterocycles. The summed E-state index contributed by atoms with van der Waals surface area (Å²) in [5.74, 6) is -0.120. The fourth-order valence-electron chi connectivity index (χ4n) is 2.34. The van der Waals surface area contributed by atoms with Gasteiger partial charge < -0.3 is 5.32 Å². The fraction of sp³-hybridized carbons (Fsp3) is 0.500. The van der Waals surface area contributed by atoms with Crippen molar-refractivity contribution in [2.45, 2.75) is 43.5 Å². The normalized spacial score (nSPS) is 18.3. The zero-order chi connectivity index (χ0) is 13.0. The summed E-state index contributed by atoms with van der Waals surface area (Å²) >= 11 is 12.1. The molecule has 2 nitrogen and oxygen atoms in total. The van der Waals surface area contributed by atoms with E-state index in [0.29, 0.717) is 5.02 Å². The van der Waals surface area contributed by atoms with Gasteiger partial charge in [0.2, 0.25) is 5.91 Å². The van der Waals surface area contributed by atoms with Crippen molar-refractivity contribution in [3.8, 4) is 0 Å². The number of carbonyl (C=O) groups excluding carboxylic acids is 1. The topological polar surface area (TPSA) is 29.1 Å². The van der Waals surface area contributed by atoms with Crippen molar-refractivity contribution in [1.82, 2.24) is 5.32 Å². The Bertz CT molecular complexity index is 416. The second-order valence-electron chi connectivity index (χ2n) is 4.76. The molecule has 4 heteroatoms. The third-order valence-electron chi connectivity index (χ3n) is 3.32. The Morgan fingerprint density at radius 1 is 1.28 bits per heavy atom. The highest BCUT2D eigenvalue weighted by atomic mass is 35.5. The van der Waals surface area contributed by atoms with E-state index in [0.717, 1.165) is 18.4 Å². The average molecular weight is 286 g/mol. The predicted octanol–water partition coefficient (Wildman–Crippen LogP) is 4.07. The number of halogens is 2. The number of benzene rings is 1. The SMILES string of the molecule is O=C(NC1CCCCC1)C(Cl)c1cccc(Cl)c1. The van der Waals surface area contributed by atoms with Crippen LogP contribution in [0.2, 0.25) is 5.02 Å². The number of hydrogen-bond donors (Lipinski definition) is 1. The van der Waals surface area contributed by atoms with Crippen LogP contribution in [0.5, 0.6) is 0 Å². The first-order valence-corrected chi connectivity index (χ1v) is 7.18. The molecule has 0 aromatic heterocycles. The Morgan fingerprint density at radius 2 is 2.00 bits per heavy atom. The van der Waals surface area contributed by atoms with Crippen molar-refractivity contribution < 1.29 is 4.79 Å². The van der Waals surface area contributed by atoms with Crippen molar-refractivity contribution >= 4 is 29.1 Å². The lowest BCUT2D eigenvalue weighted by molar-refractivity contribution is -0.121. The van der Waals surface area contributed by atoms with Gasteiger partial charge >= 0.3 is 0 Å². The zero-order valence-corrected chi connectivity index (χ0v) is 11.7. The van der Waals surface area contributed by atoms with Crippen molar-refractivity contribution in [1.29, 1.82) is 0 Å². The van der Waals surface area contributed by atoms with Gasteiger partial charge in [0.25, 0.3) is 0 Å². The minimum Gasteiger partial charge on any atom is -0.352 e. The first-order chi connectivity index (χ1) is 8.66. The Kier molecular flexibility index (Phi) is 4.90. The summed E-state index contributed by atoms with van der Waals surface area (Å²) in [5, 5.41) is 2.96. The second kappa shape index (κ2) is 6.44. The van der Waals surface area contributed by atoms with Gasteiger partial charge in [-0.1, -0.05) is 43.0 Å². The molecule has 1 unspecified atom stereocenters. The number of nitrogens with one attached hydrogen (secondary N) is 1. The van der Waals surface area contributed by atoms with E-state index in [2.05, 4.69) is 5.32 Å². The smallest absolute Gasteiger partial charge is 0.242 e. The van der Waals surface area contributed by atoms with Gasteiger partial charge in [0.05, 0.1) is 0 Å². The highest BCUT2D eigenvalue weighted by molar-refractivity contribution is 6.32. The van der Waals surface area contributed by atoms with Crippen LogP contribution in [0.1, 0.15) is 43.0 Å². The summed E-state index contributed by atoms with van der Waals surface area (Å²) in [7, 11) is 0. The molecule has 1 atom stereocenters. The molecule has 1 aromatic carbocycles. The molecule has 0 saturated heterocycles. The minimum absolute atomic E-state index is 0.120. The van der Waals surface area contributed by atoms with Crippen molar-refractivity contribution in [2.75, 3.05) is 0 Å². The Hall–Kier alpha value is -0.730. The van der Waals surface area contributed by atoms with Gasteiger partial charge in [0, 0.05) is 11.1 Å². The van der Waals surface area contributed by atoms with E-state index in [1.54, 1.807) is 18.2 Å². The quantitative estimate of drug-likeness (QED) is 0.834. The number of carbonyl (C=O) groups is 1. The first kappa shape index (κ1) is 13.7.